The van der Waals surface area contributed by atoms with E-state index >= 15 is 0 Å². The summed E-state index contributed by atoms with van der Waals surface area (Å²) < 4.78 is 10.3. The van der Waals surface area contributed by atoms with Gasteiger partial charge in [0.05, 0.1) is 25.0 Å². The van der Waals surface area contributed by atoms with Crippen molar-refractivity contribution in [1.82, 2.24) is 9.97 Å². The molecule has 8 nitrogen and oxygen atoms in total. The Balaban J connectivity index is 2.22. The monoisotopic (exact) mass is 358 g/mol. The Morgan fingerprint density at radius 3 is 2.58 bits per heavy atom. The van der Waals surface area contributed by atoms with Gasteiger partial charge < -0.3 is 14.8 Å². The zero-order chi connectivity index (χ0) is 18.9. The van der Waals surface area contributed by atoms with Crippen molar-refractivity contribution < 1.29 is 19.1 Å². The normalized spacial score (nSPS) is 10.3. The number of hydrogen-bond acceptors (Lipinski definition) is 7. The lowest BCUT2D eigenvalue weighted by atomic mass is 10.1. The summed E-state index contributed by atoms with van der Waals surface area (Å²) in [5.74, 6) is 0.399. The highest BCUT2D eigenvalue weighted by Gasteiger charge is 2.15. The minimum atomic E-state index is -0.00471. The van der Waals surface area contributed by atoms with Gasteiger partial charge in [-0.15, -0.1) is 0 Å². The van der Waals surface area contributed by atoms with Crippen molar-refractivity contribution in [3.8, 4) is 6.01 Å². The van der Waals surface area contributed by atoms with Crippen LogP contribution in [0.3, 0.4) is 0 Å². The van der Waals surface area contributed by atoms with Gasteiger partial charge in [-0.3, -0.25) is 14.5 Å². The maximum absolute atomic E-state index is 11.6. The number of ether oxygens (including phenoxy) is 2. The third-order valence-electron chi connectivity index (χ3n) is 3.65. The van der Waals surface area contributed by atoms with E-state index in [2.05, 4.69) is 15.3 Å². The zero-order valence-electron chi connectivity index (χ0n) is 15.1. The fourth-order valence-electron chi connectivity index (χ4n) is 2.24. The van der Waals surface area contributed by atoms with Crippen LogP contribution in [0, 0.1) is 0 Å². The van der Waals surface area contributed by atoms with E-state index < -0.39 is 0 Å². The van der Waals surface area contributed by atoms with Crippen molar-refractivity contribution in [2.75, 3.05) is 37.6 Å². The molecule has 0 saturated carbocycles. The van der Waals surface area contributed by atoms with E-state index in [1.807, 2.05) is 12.1 Å². The fourth-order valence-corrected chi connectivity index (χ4v) is 2.24. The topological polar surface area (TPSA) is 93.7 Å². The molecule has 0 fully saturated rings. The van der Waals surface area contributed by atoms with E-state index in [0.717, 1.165) is 5.56 Å². The number of ketones is 1. The van der Waals surface area contributed by atoms with Crippen LogP contribution in [-0.4, -0.2) is 49.5 Å². The number of carbonyl (C=O) groups excluding carboxylic acids is 2. The molecule has 0 atom stereocenters. The summed E-state index contributed by atoms with van der Waals surface area (Å²) in [5.41, 5.74) is 2.08. The maximum Gasteiger partial charge on any atom is 0.318 e. The molecule has 0 bridgehead atoms. The largest absolute Gasteiger partial charge is 0.461 e. The van der Waals surface area contributed by atoms with Crippen LogP contribution in [0.2, 0.25) is 0 Å². The highest BCUT2D eigenvalue weighted by molar-refractivity contribution is 5.94. The zero-order valence-corrected chi connectivity index (χ0v) is 15.1. The maximum atomic E-state index is 11.6. The fraction of sp³-hybridized carbons (Fsp3) is 0.333. The second kappa shape index (κ2) is 9.47. The van der Waals surface area contributed by atoms with Gasteiger partial charge in [0.15, 0.2) is 11.6 Å². The van der Waals surface area contributed by atoms with Crippen LogP contribution in [0.25, 0.3) is 0 Å². The molecule has 2 rings (SSSR count). The first-order valence-corrected chi connectivity index (χ1v) is 8.07. The Morgan fingerprint density at radius 2 is 2.00 bits per heavy atom. The molecule has 1 aromatic heterocycles. The molecule has 0 saturated heterocycles. The van der Waals surface area contributed by atoms with Gasteiger partial charge >= 0.3 is 6.01 Å². The second-order valence-electron chi connectivity index (χ2n) is 5.47. The molecular formula is C18H22N4O4. The van der Waals surface area contributed by atoms with Crippen molar-refractivity contribution in [2.45, 2.75) is 13.5 Å². The second-order valence-corrected chi connectivity index (χ2v) is 5.47. The molecule has 26 heavy (non-hydrogen) atoms. The number of aromatic nitrogens is 2. The van der Waals surface area contributed by atoms with E-state index in [1.54, 1.807) is 32.5 Å². The summed E-state index contributed by atoms with van der Waals surface area (Å²) in [6, 6.07) is 7.25. The Morgan fingerprint density at radius 1 is 1.27 bits per heavy atom. The SMILES string of the molecule is CNc1cnc(OCCOC)nc1N(C=O)Cc1ccc(C(C)=O)cc1. The number of methoxy groups -OCH3 is 1. The van der Waals surface area contributed by atoms with E-state index in [9.17, 15) is 9.59 Å². The molecule has 1 amide bonds. The van der Waals surface area contributed by atoms with Gasteiger partial charge in [0.25, 0.3) is 0 Å². The van der Waals surface area contributed by atoms with Crippen LogP contribution in [0.4, 0.5) is 11.5 Å². The molecule has 1 N–H and O–H groups in total. The van der Waals surface area contributed by atoms with Crippen LogP contribution in [-0.2, 0) is 16.1 Å². The molecule has 0 unspecified atom stereocenters. The number of anilines is 2. The van der Waals surface area contributed by atoms with Crippen molar-refractivity contribution in [1.29, 1.82) is 0 Å². The molecular weight excluding hydrogens is 336 g/mol. The van der Waals surface area contributed by atoms with Crippen molar-refractivity contribution in [3.63, 3.8) is 0 Å². The number of rotatable bonds is 10. The van der Waals surface area contributed by atoms with E-state index in [4.69, 9.17) is 9.47 Å². The molecule has 8 heteroatoms. The smallest absolute Gasteiger partial charge is 0.318 e. The standard InChI is InChI=1S/C18H22N4O4/c1-13(24)15-6-4-14(5-7-15)11-22(12-23)17-16(19-2)10-20-18(21-17)26-9-8-25-3/h4-7,10,12,19H,8-9,11H2,1-3H3. The Bertz CT molecular complexity index is 749. The van der Waals surface area contributed by atoms with Gasteiger partial charge in [-0.1, -0.05) is 24.3 Å². The molecule has 0 aliphatic carbocycles. The third-order valence-corrected chi connectivity index (χ3v) is 3.65. The summed E-state index contributed by atoms with van der Waals surface area (Å²) in [5, 5.41) is 2.96. The summed E-state index contributed by atoms with van der Waals surface area (Å²) in [4.78, 5) is 32.9. The van der Waals surface area contributed by atoms with Gasteiger partial charge in [-0.25, -0.2) is 4.98 Å². The van der Waals surface area contributed by atoms with Crippen LogP contribution >= 0.6 is 0 Å². The molecule has 0 radical (unpaired) electrons. The first-order valence-electron chi connectivity index (χ1n) is 8.07. The predicted molar refractivity (Wildman–Crippen MR) is 97.6 cm³/mol. The van der Waals surface area contributed by atoms with Crippen LogP contribution in [0.5, 0.6) is 6.01 Å². The Kier molecular flexibility index (Phi) is 7.04. The average Bonchev–Trinajstić information content (AvgIpc) is 2.66. The summed E-state index contributed by atoms with van der Waals surface area (Å²) in [6.07, 6.45) is 2.25. The highest BCUT2D eigenvalue weighted by Crippen LogP contribution is 2.25. The average molecular weight is 358 g/mol. The molecule has 1 aromatic carbocycles. The molecule has 1 heterocycles. The highest BCUT2D eigenvalue weighted by atomic mass is 16.5. The number of nitrogens with one attached hydrogen (secondary N) is 1. The van der Waals surface area contributed by atoms with Gasteiger partial charge in [-0.2, -0.15) is 4.98 Å². The van der Waals surface area contributed by atoms with Crippen molar-refractivity contribution in [3.05, 3.63) is 41.6 Å². The van der Waals surface area contributed by atoms with E-state index in [1.165, 1.54) is 11.8 Å². The first kappa shape index (κ1) is 19.3. The molecule has 2 aromatic rings. The van der Waals surface area contributed by atoms with Crippen molar-refractivity contribution >= 4 is 23.7 Å². The van der Waals surface area contributed by atoms with Crippen LogP contribution in [0.15, 0.2) is 30.5 Å². The molecule has 0 aliphatic rings. The lowest BCUT2D eigenvalue weighted by Crippen LogP contribution is -2.23. The number of hydrogen-bond donors (Lipinski definition) is 1. The minimum Gasteiger partial charge on any atom is -0.461 e. The summed E-state index contributed by atoms with van der Waals surface area (Å²) >= 11 is 0. The molecule has 0 aliphatic heterocycles. The number of nitrogens with zero attached hydrogens (tertiary/aromatic N) is 3. The first-order chi connectivity index (χ1) is 12.6. The quantitative estimate of drug-likeness (QED) is 0.394. The van der Waals surface area contributed by atoms with Gasteiger partial charge in [0.2, 0.25) is 6.41 Å². The summed E-state index contributed by atoms with van der Waals surface area (Å²) in [7, 11) is 3.30. The predicted octanol–water partition coefficient (Wildman–Crippen LogP) is 1.91. The summed E-state index contributed by atoms with van der Waals surface area (Å²) in [6.45, 7) is 2.53. The molecule has 138 valence electrons. The number of carbonyl (C=O) groups is 2. The minimum absolute atomic E-state index is 0.00471. The Hall–Kier alpha value is -3.00. The number of Topliss-reactive ketones (excluding diaryl/α,β-unsaturated/α-hetero) is 1. The molecule has 0 spiro atoms. The third kappa shape index (κ3) is 5.00. The van der Waals surface area contributed by atoms with E-state index in [0.29, 0.717) is 43.2 Å². The van der Waals surface area contributed by atoms with Gasteiger partial charge in [0.1, 0.15) is 6.61 Å². The van der Waals surface area contributed by atoms with Crippen molar-refractivity contribution in [2.24, 2.45) is 0 Å². The Labute approximate surface area is 152 Å². The lowest BCUT2D eigenvalue weighted by Gasteiger charge is -2.20. The van der Waals surface area contributed by atoms with Gasteiger partial charge in [0, 0.05) is 19.7 Å². The number of benzene rings is 1. The lowest BCUT2D eigenvalue weighted by molar-refractivity contribution is -0.107. The van der Waals surface area contributed by atoms with Crippen LogP contribution in [0.1, 0.15) is 22.8 Å². The van der Waals surface area contributed by atoms with E-state index in [-0.39, 0.29) is 11.8 Å². The van der Waals surface area contributed by atoms with Crippen LogP contribution < -0.4 is 15.0 Å². The van der Waals surface area contributed by atoms with Gasteiger partial charge in [-0.05, 0) is 12.5 Å². The number of amides is 1.